The van der Waals surface area contributed by atoms with E-state index in [9.17, 15) is 8.78 Å². The molecule has 0 radical (unpaired) electrons. The van der Waals surface area contributed by atoms with Crippen LogP contribution < -0.4 is 5.32 Å². The molecule has 0 saturated carbocycles. The molecular weight excluding hydrogens is 268 g/mol. The van der Waals surface area contributed by atoms with E-state index in [2.05, 4.69) is 17.4 Å². The average molecular weight is 287 g/mol. The van der Waals surface area contributed by atoms with Crippen LogP contribution in [0.5, 0.6) is 0 Å². The summed E-state index contributed by atoms with van der Waals surface area (Å²) in [7, 11) is 0. The standard InChI is InChI=1S/C18H19F2N/c1-11-8-15(19)17-12(2)16(21-10-14(17)18(11)20)9-13-6-4-3-5-7-13/h3-8,12,16,21H,9-10H2,1-2H3. The summed E-state index contributed by atoms with van der Waals surface area (Å²) in [6.45, 7) is 3.97. The van der Waals surface area contributed by atoms with Crippen LogP contribution in [0.25, 0.3) is 0 Å². The number of aryl methyl sites for hydroxylation is 1. The first-order chi connectivity index (χ1) is 10.1. The average Bonchev–Trinajstić information content (AvgIpc) is 2.48. The van der Waals surface area contributed by atoms with Crippen LogP contribution in [0.2, 0.25) is 0 Å². The van der Waals surface area contributed by atoms with E-state index in [-0.39, 0.29) is 23.6 Å². The molecule has 0 amide bonds. The molecule has 3 rings (SSSR count). The summed E-state index contributed by atoms with van der Waals surface area (Å²) in [5.74, 6) is -0.607. The van der Waals surface area contributed by atoms with Gasteiger partial charge in [-0.15, -0.1) is 0 Å². The van der Waals surface area contributed by atoms with Gasteiger partial charge >= 0.3 is 0 Å². The Labute approximate surface area is 124 Å². The molecule has 2 aromatic rings. The Kier molecular flexibility index (Phi) is 3.77. The molecule has 1 heterocycles. The van der Waals surface area contributed by atoms with Gasteiger partial charge in [0, 0.05) is 24.1 Å². The van der Waals surface area contributed by atoms with E-state index in [1.54, 1.807) is 6.92 Å². The summed E-state index contributed by atoms with van der Waals surface area (Å²) in [6, 6.07) is 11.5. The van der Waals surface area contributed by atoms with Crippen molar-refractivity contribution >= 4 is 0 Å². The molecule has 2 aromatic carbocycles. The number of hydrogen-bond donors (Lipinski definition) is 1. The zero-order valence-electron chi connectivity index (χ0n) is 12.3. The van der Waals surface area contributed by atoms with Crippen molar-refractivity contribution in [3.8, 4) is 0 Å². The fourth-order valence-corrected chi connectivity index (χ4v) is 3.22. The van der Waals surface area contributed by atoms with Crippen LogP contribution in [0.4, 0.5) is 8.78 Å². The summed E-state index contributed by atoms with van der Waals surface area (Å²) in [6.07, 6.45) is 0.816. The molecule has 2 unspecified atom stereocenters. The van der Waals surface area contributed by atoms with Gasteiger partial charge in [0.1, 0.15) is 11.6 Å². The van der Waals surface area contributed by atoms with E-state index in [1.807, 2.05) is 25.1 Å². The molecule has 1 N–H and O–H groups in total. The highest BCUT2D eigenvalue weighted by Gasteiger charge is 2.31. The van der Waals surface area contributed by atoms with Crippen molar-refractivity contribution in [2.75, 3.05) is 0 Å². The van der Waals surface area contributed by atoms with Crippen molar-refractivity contribution < 1.29 is 8.78 Å². The van der Waals surface area contributed by atoms with Gasteiger partial charge in [-0.05, 0) is 36.1 Å². The van der Waals surface area contributed by atoms with Gasteiger partial charge in [0.2, 0.25) is 0 Å². The first-order valence-electron chi connectivity index (χ1n) is 7.32. The van der Waals surface area contributed by atoms with Crippen LogP contribution in [0.15, 0.2) is 36.4 Å². The minimum Gasteiger partial charge on any atom is -0.309 e. The Hall–Kier alpha value is -1.74. The second kappa shape index (κ2) is 5.57. The zero-order chi connectivity index (χ0) is 15.0. The SMILES string of the molecule is Cc1cc(F)c2c(c1F)CNC(Cc1ccccc1)C2C. The Bertz CT molecular complexity index is 652. The monoisotopic (exact) mass is 287 g/mol. The van der Waals surface area contributed by atoms with Crippen LogP contribution in [-0.2, 0) is 13.0 Å². The van der Waals surface area contributed by atoms with E-state index in [4.69, 9.17) is 0 Å². The number of rotatable bonds is 2. The number of fused-ring (bicyclic) bond motifs is 1. The van der Waals surface area contributed by atoms with Crippen LogP contribution in [0.3, 0.4) is 0 Å². The lowest BCUT2D eigenvalue weighted by atomic mass is 9.82. The largest absolute Gasteiger partial charge is 0.309 e. The molecule has 21 heavy (non-hydrogen) atoms. The maximum absolute atomic E-state index is 14.3. The van der Waals surface area contributed by atoms with Crippen molar-refractivity contribution in [2.24, 2.45) is 0 Å². The Morgan fingerprint density at radius 1 is 1.19 bits per heavy atom. The van der Waals surface area contributed by atoms with Crippen LogP contribution in [-0.4, -0.2) is 6.04 Å². The van der Waals surface area contributed by atoms with Gasteiger partial charge in [-0.3, -0.25) is 0 Å². The number of hydrogen-bond acceptors (Lipinski definition) is 1. The molecule has 1 nitrogen and oxygen atoms in total. The van der Waals surface area contributed by atoms with Gasteiger partial charge in [0.25, 0.3) is 0 Å². The molecule has 0 aromatic heterocycles. The Balaban J connectivity index is 1.92. The quantitative estimate of drug-likeness (QED) is 0.877. The lowest BCUT2D eigenvalue weighted by Gasteiger charge is -2.33. The molecule has 0 bridgehead atoms. The predicted molar refractivity (Wildman–Crippen MR) is 80.3 cm³/mol. The van der Waals surface area contributed by atoms with Crippen LogP contribution >= 0.6 is 0 Å². The first-order valence-corrected chi connectivity index (χ1v) is 7.32. The molecule has 3 heteroatoms. The normalized spacial score (nSPS) is 21.1. The summed E-state index contributed by atoms with van der Waals surface area (Å²) < 4.78 is 28.5. The van der Waals surface area contributed by atoms with Gasteiger partial charge < -0.3 is 5.32 Å². The van der Waals surface area contributed by atoms with Crippen LogP contribution in [0, 0.1) is 18.6 Å². The highest BCUT2D eigenvalue weighted by atomic mass is 19.1. The minimum absolute atomic E-state index is 0.0518. The maximum atomic E-state index is 14.3. The van der Waals surface area contributed by atoms with E-state index < -0.39 is 0 Å². The van der Waals surface area contributed by atoms with Gasteiger partial charge in [-0.25, -0.2) is 8.78 Å². The van der Waals surface area contributed by atoms with E-state index >= 15 is 0 Å². The predicted octanol–water partition coefficient (Wildman–Crippen LogP) is 4.09. The van der Waals surface area contributed by atoms with E-state index in [0.717, 1.165) is 6.42 Å². The second-order valence-corrected chi connectivity index (χ2v) is 5.85. The maximum Gasteiger partial charge on any atom is 0.131 e. The molecule has 2 atom stereocenters. The number of nitrogens with one attached hydrogen (secondary N) is 1. The Morgan fingerprint density at radius 2 is 1.90 bits per heavy atom. The summed E-state index contributed by atoms with van der Waals surface area (Å²) in [5, 5.41) is 3.36. The van der Waals surface area contributed by atoms with Crippen molar-refractivity contribution in [1.29, 1.82) is 0 Å². The van der Waals surface area contributed by atoms with E-state index in [1.165, 1.54) is 11.6 Å². The molecule has 0 fully saturated rings. The van der Waals surface area contributed by atoms with Gasteiger partial charge in [-0.2, -0.15) is 0 Å². The fraction of sp³-hybridized carbons (Fsp3) is 0.333. The topological polar surface area (TPSA) is 12.0 Å². The lowest BCUT2D eigenvalue weighted by Crippen LogP contribution is -2.41. The third kappa shape index (κ3) is 2.58. The third-order valence-corrected chi connectivity index (χ3v) is 4.44. The minimum atomic E-state index is -0.282. The highest BCUT2D eigenvalue weighted by Crippen LogP contribution is 2.34. The molecule has 1 aliphatic rings. The van der Waals surface area contributed by atoms with E-state index in [0.29, 0.717) is 23.2 Å². The van der Waals surface area contributed by atoms with Gasteiger partial charge in [0.05, 0.1) is 0 Å². The summed E-state index contributed by atoms with van der Waals surface area (Å²) in [5.41, 5.74) is 2.61. The molecular formula is C18H19F2N. The molecule has 0 spiro atoms. The van der Waals surface area contributed by atoms with Crippen molar-refractivity contribution in [3.05, 3.63) is 70.3 Å². The first kappa shape index (κ1) is 14.2. The highest BCUT2D eigenvalue weighted by molar-refractivity contribution is 5.40. The molecule has 110 valence electrons. The van der Waals surface area contributed by atoms with Gasteiger partial charge in [-0.1, -0.05) is 37.3 Å². The summed E-state index contributed by atoms with van der Waals surface area (Å²) >= 11 is 0. The van der Waals surface area contributed by atoms with Gasteiger partial charge in [0.15, 0.2) is 0 Å². The fourth-order valence-electron chi connectivity index (χ4n) is 3.22. The number of halogens is 2. The van der Waals surface area contributed by atoms with Crippen molar-refractivity contribution in [1.82, 2.24) is 5.32 Å². The van der Waals surface area contributed by atoms with Crippen LogP contribution in [0.1, 0.15) is 35.1 Å². The second-order valence-electron chi connectivity index (χ2n) is 5.85. The number of benzene rings is 2. The molecule has 1 aliphatic heterocycles. The smallest absolute Gasteiger partial charge is 0.131 e. The van der Waals surface area contributed by atoms with Crippen molar-refractivity contribution in [3.63, 3.8) is 0 Å². The third-order valence-electron chi connectivity index (χ3n) is 4.44. The van der Waals surface area contributed by atoms with Crippen molar-refractivity contribution in [2.45, 2.75) is 38.8 Å². The Morgan fingerprint density at radius 3 is 2.62 bits per heavy atom. The lowest BCUT2D eigenvalue weighted by molar-refractivity contribution is 0.391. The zero-order valence-corrected chi connectivity index (χ0v) is 12.3. The summed E-state index contributed by atoms with van der Waals surface area (Å²) in [4.78, 5) is 0. The molecule has 0 aliphatic carbocycles. The molecule has 0 saturated heterocycles.